The van der Waals surface area contributed by atoms with E-state index in [9.17, 15) is 0 Å². The van der Waals surface area contributed by atoms with E-state index in [-0.39, 0.29) is 10.8 Å². The monoisotopic (exact) mass is 456 g/mol. The summed E-state index contributed by atoms with van der Waals surface area (Å²) in [6, 6.07) is 12.8. The largest absolute Gasteiger partial charge is 0.490 e. The highest BCUT2D eigenvalue weighted by Gasteiger charge is 2.30. The third-order valence-electron chi connectivity index (χ3n) is 5.73. The number of rotatable bonds is 11. The molecule has 2 rings (SSSR count). The van der Waals surface area contributed by atoms with Crippen LogP contribution in [0.5, 0.6) is 11.5 Å². The molecule has 0 saturated carbocycles. The average molecular weight is 457 g/mol. The second-order valence-electron chi connectivity index (χ2n) is 11.2. The molecule has 1 atom stereocenters. The summed E-state index contributed by atoms with van der Waals surface area (Å²) in [7, 11) is 3.39. The molecule has 0 heterocycles. The molecule has 2 aromatic carbocycles. The van der Waals surface area contributed by atoms with Gasteiger partial charge in [-0.1, -0.05) is 71.4 Å². The lowest BCUT2D eigenvalue weighted by atomic mass is 9.69. The van der Waals surface area contributed by atoms with Gasteiger partial charge >= 0.3 is 0 Å². The fraction of sp³-hybridized carbons (Fsp3) is 0.586. The maximum atomic E-state index is 6.13. The molecule has 2 aromatic rings. The molecule has 0 radical (unpaired) electrons. The van der Waals surface area contributed by atoms with E-state index in [1.54, 1.807) is 14.2 Å². The standard InChI is InChI=1S/C29H44O4/c1-21-16-23(19-30-8)27(24(17-21)20-31-9)33-15-14-32-25-12-10-22(11-13-25)26(29(5,6)7)18-28(2,3)4/h10-13,16-17,26H,14-15,18-20H2,1-9H3. The van der Waals surface area contributed by atoms with Crippen molar-refractivity contribution in [3.63, 3.8) is 0 Å². The number of benzene rings is 2. The van der Waals surface area contributed by atoms with Gasteiger partial charge in [-0.15, -0.1) is 0 Å². The molecule has 184 valence electrons. The third kappa shape index (κ3) is 8.68. The van der Waals surface area contributed by atoms with Gasteiger partial charge < -0.3 is 18.9 Å². The Morgan fingerprint density at radius 3 is 1.73 bits per heavy atom. The Morgan fingerprint density at radius 1 is 0.758 bits per heavy atom. The molecular weight excluding hydrogens is 412 g/mol. The van der Waals surface area contributed by atoms with E-state index >= 15 is 0 Å². The van der Waals surface area contributed by atoms with Crippen LogP contribution in [-0.4, -0.2) is 27.4 Å². The summed E-state index contributed by atoms with van der Waals surface area (Å²) in [6.07, 6.45) is 1.15. The first-order chi connectivity index (χ1) is 15.4. The molecular formula is C29H44O4. The van der Waals surface area contributed by atoms with E-state index in [0.717, 1.165) is 34.6 Å². The van der Waals surface area contributed by atoms with Crippen molar-refractivity contribution in [2.24, 2.45) is 10.8 Å². The molecule has 0 fully saturated rings. The molecule has 0 aliphatic heterocycles. The second kappa shape index (κ2) is 11.9. The first-order valence-electron chi connectivity index (χ1n) is 11.9. The number of aryl methyl sites for hydroxylation is 1. The van der Waals surface area contributed by atoms with Crippen LogP contribution in [-0.2, 0) is 22.7 Å². The Balaban J connectivity index is 2.02. The average Bonchev–Trinajstić information content (AvgIpc) is 2.70. The topological polar surface area (TPSA) is 36.9 Å². The van der Waals surface area contributed by atoms with Crippen LogP contribution in [0.15, 0.2) is 36.4 Å². The Morgan fingerprint density at radius 2 is 1.27 bits per heavy atom. The first-order valence-corrected chi connectivity index (χ1v) is 11.9. The van der Waals surface area contributed by atoms with Crippen LogP contribution in [0.25, 0.3) is 0 Å². The van der Waals surface area contributed by atoms with Crippen LogP contribution in [0.1, 0.15) is 76.1 Å². The summed E-state index contributed by atoms with van der Waals surface area (Å²) < 4.78 is 22.8. The van der Waals surface area contributed by atoms with Gasteiger partial charge in [-0.3, -0.25) is 0 Å². The molecule has 0 spiro atoms. The van der Waals surface area contributed by atoms with Crippen molar-refractivity contribution in [2.75, 3.05) is 27.4 Å². The third-order valence-corrected chi connectivity index (χ3v) is 5.73. The van der Waals surface area contributed by atoms with Crippen LogP contribution in [0.4, 0.5) is 0 Å². The summed E-state index contributed by atoms with van der Waals surface area (Å²) >= 11 is 0. The van der Waals surface area contributed by atoms with E-state index in [1.807, 2.05) is 0 Å². The molecule has 4 heteroatoms. The van der Waals surface area contributed by atoms with Gasteiger partial charge in [0.05, 0.1) is 13.2 Å². The summed E-state index contributed by atoms with van der Waals surface area (Å²) in [4.78, 5) is 0. The molecule has 33 heavy (non-hydrogen) atoms. The van der Waals surface area contributed by atoms with E-state index in [1.165, 1.54) is 5.56 Å². The van der Waals surface area contributed by atoms with Crippen molar-refractivity contribution in [2.45, 2.75) is 74.0 Å². The van der Waals surface area contributed by atoms with Gasteiger partial charge in [0.15, 0.2) is 0 Å². The predicted octanol–water partition coefficient (Wildman–Crippen LogP) is 7.31. The smallest absolute Gasteiger partial charge is 0.130 e. The Bertz CT molecular complexity index is 830. The SMILES string of the molecule is COCc1cc(C)cc(COC)c1OCCOc1ccc(C(CC(C)(C)C)C(C)(C)C)cc1. The van der Waals surface area contributed by atoms with Crippen LogP contribution in [0.3, 0.4) is 0 Å². The molecule has 1 unspecified atom stereocenters. The van der Waals surface area contributed by atoms with E-state index in [2.05, 4.69) is 84.9 Å². The molecule has 0 N–H and O–H groups in total. The van der Waals surface area contributed by atoms with Gasteiger partial charge in [0.1, 0.15) is 24.7 Å². The van der Waals surface area contributed by atoms with Crippen molar-refractivity contribution in [1.82, 2.24) is 0 Å². The van der Waals surface area contributed by atoms with Crippen LogP contribution in [0.2, 0.25) is 0 Å². The van der Waals surface area contributed by atoms with Crippen LogP contribution < -0.4 is 9.47 Å². The fourth-order valence-electron chi connectivity index (χ4n) is 4.28. The van der Waals surface area contributed by atoms with Gasteiger partial charge in [-0.25, -0.2) is 0 Å². The Kier molecular flexibility index (Phi) is 9.81. The minimum atomic E-state index is 0.206. The second-order valence-corrected chi connectivity index (χ2v) is 11.2. The van der Waals surface area contributed by atoms with Crippen LogP contribution in [0, 0.1) is 17.8 Å². The van der Waals surface area contributed by atoms with Gasteiger partial charge in [-0.05, 0) is 47.8 Å². The highest BCUT2D eigenvalue weighted by Crippen LogP contribution is 2.43. The molecule has 4 nitrogen and oxygen atoms in total. The molecule has 0 aromatic heterocycles. The summed E-state index contributed by atoms with van der Waals surface area (Å²) in [5, 5.41) is 0. The van der Waals surface area contributed by atoms with Crippen molar-refractivity contribution < 1.29 is 18.9 Å². The first kappa shape index (κ1) is 27.2. The molecule has 0 saturated heterocycles. The Labute approximate surface area is 201 Å². The lowest BCUT2D eigenvalue weighted by molar-refractivity contribution is 0.164. The normalized spacial score (nSPS) is 13.1. The number of hydrogen-bond donors (Lipinski definition) is 0. The van der Waals surface area contributed by atoms with Crippen molar-refractivity contribution in [3.8, 4) is 11.5 Å². The molecule has 0 aliphatic rings. The number of ether oxygens (including phenoxy) is 4. The van der Waals surface area contributed by atoms with Gasteiger partial charge in [0, 0.05) is 25.3 Å². The zero-order valence-corrected chi connectivity index (χ0v) is 22.2. The van der Waals surface area contributed by atoms with Gasteiger partial charge in [-0.2, -0.15) is 0 Å². The number of methoxy groups -OCH3 is 2. The van der Waals surface area contributed by atoms with E-state index in [4.69, 9.17) is 18.9 Å². The fourth-order valence-corrected chi connectivity index (χ4v) is 4.28. The highest BCUT2D eigenvalue weighted by molar-refractivity contribution is 5.44. The maximum Gasteiger partial charge on any atom is 0.130 e. The highest BCUT2D eigenvalue weighted by atomic mass is 16.5. The number of hydrogen-bond acceptors (Lipinski definition) is 4. The Hall–Kier alpha value is -2.04. The van der Waals surface area contributed by atoms with Gasteiger partial charge in [0.25, 0.3) is 0 Å². The van der Waals surface area contributed by atoms with E-state index < -0.39 is 0 Å². The zero-order chi connectivity index (χ0) is 24.6. The maximum absolute atomic E-state index is 6.13. The van der Waals surface area contributed by atoms with Crippen molar-refractivity contribution >= 4 is 0 Å². The van der Waals surface area contributed by atoms with Crippen molar-refractivity contribution in [3.05, 3.63) is 58.7 Å². The van der Waals surface area contributed by atoms with Gasteiger partial charge in [0.2, 0.25) is 0 Å². The zero-order valence-electron chi connectivity index (χ0n) is 22.2. The lowest BCUT2D eigenvalue weighted by Crippen LogP contribution is -2.23. The molecule has 0 aliphatic carbocycles. The summed E-state index contributed by atoms with van der Waals surface area (Å²) in [5.74, 6) is 2.19. The van der Waals surface area contributed by atoms with Crippen molar-refractivity contribution in [1.29, 1.82) is 0 Å². The summed E-state index contributed by atoms with van der Waals surface area (Å²) in [5.41, 5.74) is 5.08. The molecule has 0 amide bonds. The summed E-state index contributed by atoms with van der Waals surface area (Å²) in [6.45, 7) is 17.9. The predicted molar refractivity (Wildman–Crippen MR) is 136 cm³/mol. The van der Waals surface area contributed by atoms with Crippen LogP contribution >= 0.6 is 0 Å². The minimum absolute atomic E-state index is 0.206. The quantitative estimate of drug-likeness (QED) is 0.332. The molecule has 0 bridgehead atoms. The van der Waals surface area contributed by atoms with E-state index in [0.29, 0.717) is 32.3 Å². The lowest BCUT2D eigenvalue weighted by Gasteiger charge is -2.36. The minimum Gasteiger partial charge on any atom is -0.490 e.